The average Bonchev–Trinajstić information content (AvgIpc) is 2.57. The number of anilines is 1. The van der Waals surface area contributed by atoms with Gasteiger partial charge in [0.15, 0.2) is 5.11 Å². The number of piperidine rings is 1. The van der Waals surface area contributed by atoms with Gasteiger partial charge < -0.3 is 15.5 Å². The van der Waals surface area contributed by atoms with Crippen molar-refractivity contribution in [3.63, 3.8) is 0 Å². The van der Waals surface area contributed by atoms with Crippen LogP contribution >= 0.6 is 12.2 Å². The minimum atomic E-state index is -0.191. The summed E-state index contributed by atoms with van der Waals surface area (Å²) in [5.74, 6) is -0.191. The van der Waals surface area contributed by atoms with E-state index in [9.17, 15) is 4.39 Å². The van der Waals surface area contributed by atoms with Crippen molar-refractivity contribution in [2.24, 2.45) is 0 Å². The Hall–Kier alpha value is -1.98. The van der Waals surface area contributed by atoms with Gasteiger partial charge in [-0.15, -0.1) is 0 Å². The summed E-state index contributed by atoms with van der Waals surface area (Å²) >= 11 is 5.89. The molecule has 0 bridgehead atoms. The summed E-state index contributed by atoms with van der Waals surface area (Å²) in [5.41, 5.74) is 3.94. The van der Waals surface area contributed by atoms with Crippen molar-refractivity contribution < 1.29 is 4.39 Å². The van der Waals surface area contributed by atoms with Gasteiger partial charge in [-0.05, 0) is 95.9 Å². The Bertz CT molecular complexity index is 886. The van der Waals surface area contributed by atoms with Crippen molar-refractivity contribution in [1.82, 2.24) is 10.2 Å². The van der Waals surface area contributed by atoms with E-state index in [1.165, 1.54) is 17.2 Å². The van der Waals surface area contributed by atoms with E-state index in [0.717, 1.165) is 18.5 Å². The highest BCUT2D eigenvalue weighted by molar-refractivity contribution is 7.80. The first-order valence-electron chi connectivity index (χ1n) is 10.6. The maximum absolute atomic E-state index is 14.5. The molecule has 0 saturated carbocycles. The average molecular weight is 428 g/mol. The van der Waals surface area contributed by atoms with E-state index in [-0.39, 0.29) is 22.9 Å². The third-order valence-corrected chi connectivity index (χ3v) is 5.98. The van der Waals surface area contributed by atoms with Gasteiger partial charge in [0.25, 0.3) is 0 Å². The zero-order chi connectivity index (χ0) is 22.1. The molecule has 0 amide bonds. The van der Waals surface area contributed by atoms with E-state index in [4.69, 9.17) is 12.2 Å². The summed E-state index contributed by atoms with van der Waals surface area (Å²) in [6.45, 7) is 13.5. The number of halogens is 1. The molecule has 5 heteroatoms. The number of thiocarbonyl (C=S) groups is 1. The standard InChI is InChI=1S/C25H34FN3S/c1-17-11-18(2)13-20(12-17)27-23(30)29(16-19-9-7-8-10-22(19)26)21-14-24(3,4)28-25(5,6)15-21/h7-13,21,28H,14-16H2,1-6H3,(H,27,30). The van der Waals surface area contributed by atoms with Gasteiger partial charge in [0.1, 0.15) is 5.82 Å². The van der Waals surface area contributed by atoms with Crippen molar-refractivity contribution in [2.45, 2.75) is 78.0 Å². The maximum atomic E-state index is 14.5. The second kappa shape index (κ2) is 8.64. The predicted molar refractivity (Wildman–Crippen MR) is 128 cm³/mol. The third kappa shape index (κ3) is 5.79. The van der Waals surface area contributed by atoms with Crippen molar-refractivity contribution in [1.29, 1.82) is 0 Å². The van der Waals surface area contributed by atoms with Crippen LogP contribution in [0.4, 0.5) is 10.1 Å². The fourth-order valence-corrected chi connectivity index (χ4v) is 5.24. The van der Waals surface area contributed by atoms with Crippen LogP contribution in [0.15, 0.2) is 42.5 Å². The number of hydrogen-bond donors (Lipinski definition) is 2. The molecule has 1 aliphatic rings. The van der Waals surface area contributed by atoms with Crippen LogP contribution in [0.25, 0.3) is 0 Å². The van der Waals surface area contributed by atoms with E-state index in [0.29, 0.717) is 17.2 Å². The lowest BCUT2D eigenvalue weighted by Crippen LogP contribution is -2.63. The Labute approximate surface area is 186 Å². The van der Waals surface area contributed by atoms with E-state index < -0.39 is 0 Å². The quantitative estimate of drug-likeness (QED) is 0.590. The molecule has 2 aromatic carbocycles. The number of hydrogen-bond acceptors (Lipinski definition) is 2. The van der Waals surface area contributed by atoms with Crippen LogP contribution in [0.5, 0.6) is 0 Å². The molecule has 1 fully saturated rings. The van der Waals surface area contributed by atoms with Gasteiger partial charge in [0.05, 0.1) is 0 Å². The molecule has 1 aliphatic heterocycles. The predicted octanol–water partition coefficient (Wildman–Crippen LogP) is 5.95. The van der Waals surface area contributed by atoms with Crippen molar-refractivity contribution in [3.05, 3.63) is 65.0 Å². The normalized spacial score (nSPS) is 18.1. The summed E-state index contributed by atoms with van der Waals surface area (Å²) in [6, 6.07) is 13.5. The minimum Gasteiger partial charge on any atom is -0.341 e. The molecule has 2 N–H and O–H groups in total. The summed E-state index contributed by atoms with van der Waals surface area (Å²) in [5, 5.41) is 7.80. The molecule has 0 radical (unpaired) electrons. The number of aryl methyl sites for hydroxylation is 2. The molecule has 0 aliphatic carbocycles. The fourth-order valence-electron chi connectivity index (χ4n) is 4.91. The van der Waals surface area contributed by atoms with E-state index in [1.54, 1.807) is 6.07 Å². The van der Waals surface area contributed by atoms with Crippen LogP contribution in [0.1, 0.15) is 57.2 Å². The van der Waals surface area contributed by atoms with E-state index in [2.05, 4.69) is 75.3 Å². The topological polar surface area (TPSA) is 27.3 Å². The minimum absolute atomic E-state index is 0.0323. The number of benzene rings is 2. The monoisotopic (exact) mass is 427 g/mol. The Morgan fingerprint density at radius 1 is 1.07 bits per heavy atom. The van der Waals surface area contributed by atoms with Gasteiger partial charge in [0, 0.05) is 34.9 Å². The first kappa shape index (κ1) is 22.7. The molecular formula is C25H34FN3S. The zero-order valence-corrected chi connectivity index (χ0v) is 19.8. The SMILES string of the molecule is Cc1cc(C)cc(NC(=S)N(Cc2ccccc2F)C2CC(C)(C)NC(C)(C)C2)c1. The largest absolute Gasteiger partial charge is 0.341 e. The molecule has 0 aromatic heterocycles. The summed E-state index contributed by atoms with van der Waals surface area (Å²) in [6.07, 6.45) is 1.86. The number of rotatable bonds is 4. The van der Waals surface area contributed by atoms with Gasteiger partial charge in [-0.25, -0.2) is 4.39 Å². The molecule has 1 heterocycles. The van der Waals surface area contributed by atoms with Gasteiger partial charge in [-0.1, -0.05) is 24.3 Å². The van der Waals surface area contributed by atoms with Crippen molar-refractivity contribution >= 4 is 23.0 Å². The molecule has 0 spiro atoms. The lowest BCUT2D eigenvalue weighted by molar-refractivity contribution is 0.101. The van der Waals surface area contributed by atoms with Crippen LogP contribution in [0, 0.1) is 19.7 Å². The molecule has 3 nitrogen and oxygen atoms in total. The van der Waals surface area contributed by atoms with Crippen LogP contribution in [0.3, 0.4) is 0 Å². The lowest BCUT2D eigenvalue weighted by atomic mass is 9.79. The molecule has 1 saturated heterocycles. The van der Waals surface area contributed by atoms with Gasteiger partial charge in [0.2, 0.25) is 0 Å². The second-order valence-electron chi connectivity index (χ2n) is 9.98. The highest BCUT2D eigenvalue weighted by Crippen LogP contribution is 2.33. The van der Waals surface area contributed by atoms with Crippen molar-refractivity contribution in [3.8, 4) is 0 Å². The molecule has 0 atom stereocenters. The molecule has 3 rings (SSSR count). The molecular weight excluding hydrogens is 393 g/mol. The van der Waals surface area contributed by atoms with Gasteiger partial charge >= 0.3 is 0 Å². The number of nitrogens with one attached hydrogen (secondary N) is 2. The maximum Gasteiger partial charge on any atom is 0.173 e. The highest BCUT2D eigenvalue weighted by atomic mass is 32.1. The summed E-state index contributed by atoms with van der Waals surface area (Å²) < 4.78 is 14.5. The first-order chi connectivity index (χ1) is 13.9. The smallest absolute Gasteiger partial charge is 0.173 e. The Kier molecular flexibility index (Phi) is 6.54. The molecule has 2 aromatic rings. The lowest BCUT2D eigenvalue weighted by Gasteiger charge is -2.50. The molecule has 0 unspecified atom stereocenters. The second-order valence-corrected chi connectivity index (χ2v) is 10.4. The fraction of sp³-hybridized carbons (Fsp3) is 0.480. The molecule has 30 heavy (non-hydrogen) atoms. The van der Waals surface area contributed by atoms with Crippen LogP contribution < -0.4 is 10.6 Å². The van der Waals surface area contributed by atoms with Crippen molar-refractivity contribution in [2.75, 3.05) is 5.32 Å². The zero-order valence-electron chi connectivity index (χ0n) is 19.0. The van der Waals surface area contributed by atoms with Gasteiger partial charge in [-0.2, -0.15) is 0 Å². The first-order valence-corrected chi connectivity index (χ1v) is 11.0. The Balaban J connectivity index is 1.92. The number of nitrogens with zero attached hydrogens (tertiary/aromatic N) is 1. The van der Waals surface area contributed by atoms with E-state index in [1.807, 2.05) is 12.1 Å². The van der Waals surface area contributed by atoms with E-state index >= 15 is 0 Å². The molecule has 162 valence electrons. The Morgan fingerprint density at radius 2 is 1.63 bits per heavy atom. The van der Waals surface area contributed by atoms with Crippen LogP contribution in [-0.2, 0) is 6.54 Å². The van der Waals surface area contributed by atoms with Gasteiger partial charge in [-0.3, -0.25) is 0 Å². The highest BCUT2D eigenvalue weighted by Gasteiger charge is 2.40. The third-order valence-electron chi connectivity index (χ3n) is 5.64. The van der Waals surface area contributed by atoms with Crippen LogP contribution in [0.2, 0.25) is 0 Å². The van der Waals surface area contributed by atoms with Crippen LogP contribution in [-0.4, -0.2) is 27.1 Å². The Morgan fingerprint density at radius 3 is 2.20 bits per heavy atom. The summed E-state index contributed by atoms with van der Waals surface area (Å²) in [4.78, 5) is 2.18. The summed E-state index contributed by atoms with van der Waals surface area (Å²) in [7, 11) is 0.